The zero-order chi connectivity index (χ0) is 18.5. The Morgan fingerprint density at radius 2 is 1.96 bits per heavy atom. The first-order valence-corrected chi connectivity index (χ1v) is 9.14. The first-order chi connectivity index (χ1) is 12.5. The predicted octanol–water partition coefficient (Wildman–Crippen LogP) is 5.20. The Hall–Kier alpha value is -2.15. The van der Waals surface area contributed by atoms with Crippen molar-refractivity contribution in [2.45, 2.75) is 6.42 Å². The molecule has 4 nitrogen and oxygen atoms in total. The highest BCUT2D eigenvalue weighted by Crippen LogP contribution is 2.29. The quantitative estimate of drug-likeness (QED) is 0.607. The number of halogens is 3. The topological polar surface area (TPSA) is 51.2 Å². The maximum atomic E-state index is 12.8. The molecule has 0 unspecified atom stereocenters. The zero-order valence-corrected chi connectivity index (χ0v) is 15.7. The van der Waals surface area contributed by atoms with Gasteiger partial charge in [0, 0.05) is 17.5 Å². The molecule has 134 valence electrons. The number of hydrogen-bond donors (Lipinski definition) is 1. The summed E-state index contributed by atoms with van der Waals surface area (Å²) in [4.78, 5) is 17.0. The van der Waals surface area contributed by atoms with Crippen LogP contribution in [0.5, 0.6) is 5.75 Å². The van der Waals surface area contributed by atoms with Crippen molar-refractivity contribution in [3.05, 3.63) is 75.0 Å². The molecule has 0 fully saturated rings. The highest BCUT2D eigenvalue weighted by Gasteiger charge is 2.10. The number of carbonyl (C=O) groups is 1. The number of nitrogens with zero attached hydrogens (tertiary/aromatic N) is 1. The highest BCUT2D eigenvalue weighted by molar-refractivity contribution is 7.15. The molecule has 3 aromatic rings. The van der Waals surface area contributed by atoms with Crippen LogP contribution in [-0.2, 0) is 11.2 Å². The van der Waals surface area contributed by atoms with Crippen LogP contribution in [0.3, 0.4) is 0 Å². The second kappa shape index (κ2) is 8.49. The van der Waals surface area contributed by atoms with Gasteiger partial charge in [0.1, 0.15) is 11.6 Å². The summed E-state index contributed by atoms with van der Waals surface area (Å²) < 4.78 is 18.1. The lowest BCUT2D eigenvalue weighted by Gasteiger charge is -2.05. The average molecular weight is 411 g/mol. The number of carbonyl (C=O) groups excluding carboxylic acids is 1. The number of aromatic nitrogens is 1. The van der Waals surface area contributed by atoms with Crippen molar-refractivity contribution in [2.24, 2.45) is 0 Å². The summed E-state index contributed by atoms with van der Waals surface area (Å²) in [5.41, 5.74) is 0.889. The number of benzene rings is 2. The first-order valence-electron chi connectivity index (χ1n) is 7.57. The summed E-state index contributed by atoms with van der Waals surface area (Å²) in [6.45, 7) is -0.194. The lowest BCUT2D eigenvalue weighted by Crippen LogP contribution is -2.19. The molecular weight excluding hydrogens is 398 g/mol. The van der Waals surface area contributed by atoms with E-state index in [2.05, 4.69) is 10.3 Å². The highest BCUT2D eigenvalue weighted by atomic mass is 35.5. The van der Waals surface area contributed by atoms with Gasteiger partial charge in [0.05, 0.1) is 10.0 Å². The molecule has 0 saturated carbocycles. The van der Waals surface area contributed by atoms with Gasteiger partial charge in [0.25, 0.3) is 5.91 Å². The van der Waals surface area contributed by atoms with Crippen molar-refractivity contribution >= 4 is 45.6 Å². The summed E-state index contributed by atoms with van der Waals surface area (Å²) in [5.74, 6) is -0.301. The van der Waals surface area contributed by atoms with Crippen LogP contribution in [0, 0.1) is 5.82 Å². The van der Waals surface area contributed by atoms with E-state index < -0.39 is 0 Å². The molecule has 3 rings (SSSR count). The van der Waals surface area contributed by atoms with Crippen LogP contribution >= 0.6 is 34.5 Å². The van der Waals surface area contributed by atoms with Crippen molar-refractivity contribution in [3.8, 4) is 5.75 Å². The van der Waals surface area contributed by atoms with Crippen LogP contribution in [0.15, 0.2) is 48.7 Å². The molecule has 0 radical (unpaired) electrons. The predicted molar refractivity (Wildman–Crippen MR) is 102 cm³/mol. The van der Waals surface area contributed by atoms with Gasteiger partial charge >= 0.3 is 0 Å². The summed E-state index contributed by atoms with van der Waals surface area (Å²) in [6.07, 6.45) is 2.25. The SMILES string of the molecule is O=C(COc1ccc(F)cc1)Nc1ncc(Cc2cccc(Cl)c2Cl)s1. The van der Waals surface area contributed by atoms with Gasteiger partial charge in [0.2, 0.25) is 0 Å². The fraction of sp³-hybridized carbons (Fsp3) is 0.111. The van der Waals surface area contributed by atoms with Gasteiger partial charge in [-0.2, -0.15) is 0 Å². The lowest BCUT2D eigenvalue weighted by atomic mass is 10.1. The van der Waals surface area contributed by atoms with Crippen molar-refractivity contribution in [1.82, 2.24) is 4.98 Å². The van der Waals surface area contributed by atoms with E-state index in [0.29, 0.717) is 27.3 Å². The molecule has 0 aliphatic carbocycles. The Kier molecular flexibility index (Phi) is 6.08. The third kappa shape index (κ3) is 4.94. The number of hydrogen-bond acceptors (Lipinski definition) is 4. The van der Waals surface area contributed by atoms with E-state index in [0.717, 1.165) is 10.4 Å². The van der Waals surface area contributed by atoms with Gasteiger partial charge in [-0.05, 0) is 35.9 Å². The molecule has 1 heterocycles. The molecule has 26 heavy (non-hydrogen) atoms. The van der Waals surface area contributed by atoms with E-state index in [1.165, 1.54) is 35.6 Å². The van der Waals surface area contributed by atoms with Crippen LogP contribution in [-0.4, -0.2) is 17.5 Å². The normalized spacial score (nSPS) is 10.6. The molecule has 0 aliphatic heterocycles. The standard InChI is InChI=1S/C18H13Cl2FN2O2S/c19-15-3-1-2-11(17(15)20)8-14-9-22-18(26-14)23-16(24)10-25-13-6-4-12(21)5-7-13/h1-7,9H,8,10H2,(H,22,23,24). The summed E-state index contributed by atoms with van der Waals surface area (Å²) in [6, 6.07) is 10.9. The molecule has 2 aromatic carbocycles. The van der Waals surface area contributed by atoms with E-state index >= 15 is 0 Å². The molecule has 8 heteroatoms. The van der Waals surface area contributed by atoms with Crippen molar-refractivity contribution in [2.75, 3.05) is 11.9 Å². The monoisotopic (exact) mass is 410 g/mol. The van der Waals surface area contributed by atoms with Gasteiger partial charge in [-0.3, -0.25) is 10.1 Å². The molecule has 0 atom stereocenters. The molecule has 1 aromatic heterocycles. The van der Waals surface area contributed by atoms with E-state index in [9.17, 15) is 9.18 Å². The van der Waals surface area contributed by atoms with Crippen molar-refractivity contribution in [3.63, 3.8) is 0 Å². The molecular formula is C18H13Cl2FN2O2S. The minimum absolute atomic E-state index is 0.194. The number of thiazole rings is 1. The zero-order valence-electron chi connectivity index (χ0n) is 13.3. The Bertz CT molecular complexity index is 916. The van der Waals surface area contributed by atoms with E-state index in [-0.39, 0.29) is 18.3 Å². The number of ether oxygens (including phenoxy) is 1. The second-order valence-electron chi connectivity index (χ2n) is 5.31. The van der Waals surface area contributed by atoms with Gasteiger partial charge in [-0.1, -0.05) is 35.3 Å². The van der Waals surface area contributed by atoms with Gasteiger partial charge < -0.3 is 4.74 Å². The fourth-order valence-corrected chi connectivity index (χ4v) is 3.39. The third-order valence-corrected chi connectivity index (χ3v) is 5.15. The van der Waals surface area contributed by atoms with E-state index in [1.54, 1.807) is 12.3 Å². The molecule has 0 saturated heterocycles. The van der Waals surface area contributed by atoms with Crippen LogP contribution in [0.25, 0.3) is 0 Å². The molecule has 0 aliphatic rings. The minimum Gasteiger partial charge on any atom is -0.484 e. The summed E-state index contributed by atoms with van der Waals surface area (Å²) in [5, 5.41) is 4.14. The molecule has 0 spiro atoms. The number of anilines is 1. The number of amides is 1. The van der Waals surface area contributed by atoms with Crippen molar-refractivity contribution in [1.29, 1.82) is 0 Å². The number of rotatable bonds is 6. The molecule has 1 N–H and O–H groups in total. The van der Waals surface area contributed by atoms with Gasteiger partial charge in [-0.25, -0.2) is 9.37 Å². The Morgan fingerprint density at radius 1 is 1.19 bits per heavy atom. The number of nitrogens with one attached hydrogen (secondary N) is 1. The average Bonchev–Trinajstić information content (AvgIpc) is 3.05. The maximum absolute atomic E-state index is 12.8. The smallest absolute Gasteiger partial charge is 0.264 e. The summed E-state index contributed by atoms with van der Waals surface area (Å²) >= 11 is 13.5. The van der Waals surface area contributed by atoms with E-state index in [4.69, 9.17) is 27.9 Å². The third-order valence-electron chi connectivity index (χ3n) is 3.38. The van der Waals surface area contributed by atoms with Crippen LogP contribution in [0.4, 0.5) is 9.52 Å². The molecule has 0 bridgehead atoms. The van der Waals surface area contributed by atoms with Gasteiger partial charge in [0.15, 0.2) is 11.7 Å². The van der Waals surface area contributed by atoms with Gasteiger partial charge in [-0.15, -0.1) is 11.3 Å². The summed E-state index contributed by atoms with van der Waals surface area (Å²) in [7, 11) is 0. The van der Waals surface area contributed by atoms with Crippen LogP contribution < -0.4 is 10.1 Å². The maximum Gasteiger partial charge on any atom is 0.264 e. The second-order valence-corrected chi connectivity index (χ2v) is 7.21. The molecule has 1 amide bonds. The lowest BCUT2D eigenvalue weighted by molar-refractivity contribution is -0.118. The van der Waals surface area contributed by atoms with Crippen molar-refractivity contribution < 1.29 is 13.9 Å². The largest absolute Gasteiger partial charge is 0.484 e. The first kappa shape index (κ1) is 18.6. The van der Waals surface area contributed by atoms with Crippen LogP contribution in [0.2, 0.25) is 10.0 Å². The Balaban J connectivity index is 1.55. The minimum atomic E-state index is -0.364. The Morgan fingerprint density at radius 3 is 2.73 bits per heavy atom. The Labute approximate surface area is 163 Å². The van der Waals surface area contributed by atoms with E-state index in [1.807, 2.05) is 12.1 Å². The van der Waals surface area contributed by atoms with Crippen LogP contribution in [0.1, 0.15) is 10.4 Å². The fourth-order valence-electron chi connectivity index (χ4n) is 2.15.